The van der Waals surface area contributed by atoms with Gasteiger partial charge < -0.3 is 24.6 Å². The van der Waals surface area contributed by atoms with Gasteiger partial charge in [-0.15, -0.1) is 0 Å². The molecule has 1 saturated heterocycles. The second-order valence-electron chi connectivity index (χ2n) is 11.3. The number of hydrogen-bond acceptors (Lipinski definition) is 5. The van der Waals surface area contributed by atoms with E-state index in [0.29, 0.717) is 44.1 Å². The monoisotopic (exact) mass is 507 g/mol. The van der Waals surface area contributed by atoms with Crippen molar-refractivity contribution in [2.45, 2.75) is 58.6 Å². The molecule has 0 aromatic heterocycles. The van der Waals surface area contributed by atoms with Crippen LogP contribution in [-0.4, -0.2) is 66.7 Å². The maximum absolute atomic E-state index is 13.7. The highest BCUT2D eigenvalue weighted by Gasteiger charge is 2.38. The molecule has 2 amide bonds. The molecule has 2 aromatic rings. The average molecular weight is 508 g/mol. The van der Waals surface area contributed by atoms with Gasteiger partial charge in [0.15, 0.2) is 0 Å². The zero-order valence-electron chi connectivity index (χ0n) is 22.5. The second-order valence-corrected chi connectivity index (χ2v) is 11.3. The Labute approximate surface area is 221 Å². The van der Waals surface area contributed by atoms with Gasteiger partial charge in [0.2, 0.25) is 0 Å². The van der Waals surface area contributed by atoms with Crippen LogP contribution >= 0.6 is 0 Å². The summed E-state index contributed by atoms with van der Waals surface area (Å²) in [6, 6.07) is 17.7. The molecule has 0 aliphatic carbocycles. The highest BCUT2D eigenvalue weighted by atomic mass is 16.6. The van der Waals surface area contributed by atoms with Gasteiger partial charge in [-0.2, -0.15) is 0 Å². The van der Waals surface area contributed by atoms with Gasteiger partial charge in [0.25, 0.3) is 5.91 Å². The third-order valence-electron chi connectivity index (χ3n) is 7.25. The second kappa shape index (κ2) is 12.0. The number of piperidine rings is 1. The molecule has 2 heterocycles. The highest BCUT2D eigenvalue weighted by molar-refractivity contribution is 5.97. The van der Waals surface area contributed by atoms with Crippen LogP contribution in [0.3, 0.4) is 0 Å². The highest BCUT2D eigenvalue weighted by Crippen LogP contribution is 2.38. The Hall–Kier alpha value is -3.06. The van der Waals surface area contributed by atoms with Crippen LogP contribution in [0.2, 0.25) is 0 Å². The van der Waals surface area contributed by atoms with Crippen molar-refractivity contribution in [3.05, 3.63) is 65.7 Å². The van der Waals surface area contributed by atoms with Gasteiger partial charge in [0.05, 0.1) is 12.2 Å². The summed E-state index contributed by atoms with van der Waals surface area (Å²) in [5.74, 6) is 0.612. The number of nitrogens with zero attached hydrogens (tertiary/aromatic N) is 2. The largest absolute Gasteiger partial charge is 0.492 e. The molecule has 2 aliphatic heterocycles. The fraction of sp³-hybridized carbons (Fsp3) is 0.533. The topological polar surface area (TPSA) is 71.1 Å². The fourth-order valence-electron chi connectivity index (χ4n) is 5.11. The number of hydrogen-bond donors (Lipinski definition) is 1. The third-order valence-corrected chi connectivity index (χ3v) is 7.25. The van der Waals surface area contributed by atoms with Crippen molar-refractivity contribution in [1.29, 1.82) is 0 Å². The van der Waals surface area contributed by atoms with Crippen LogP contribution in [0, 0.1) is 5.41 Å². The minimum atomic E-state index is -0.503. The lowest BCUT2D eigenvalue weighted by molar-refractivity contribution is -0.0000755. The minimum absolute atomic E-state index is 0.0192. The molecular formula is C30H41N3O4. The Kier molecular flexibility index (Phi) is 8.75. The van der Waals surface area contributed by atoms with Gasteiger partial charge in [-0.05, 0) is 70.7 Å². The van der Waals surface area contributed by atoms with Crippen LogP contribution in [0.25, 0.3) is 0 Å². The SMILES string of the molecule is CC(C)(C)OC(=O)N1CCC2(CCCNCCN(Cc3ccccc3)C(=O)c3ccccc3OC2)CC1. The molecule has 1 fully saturated rings. The standard InChI is InChI=1S/C30H41N3O4/c1-29(2,3)37-28(35)32-19-15-30(16-20-32)14-9-17-31-18-21-33(22-24-10-5-4-6-11-24)27(34)25-12-7-8-13-26(25)36-23-30/h4-8,10-13,31H,9,14-23H2,1-3H3. The molecular weight excluding hydrogens is 466 g/mol. The zero-order chi connectivity index (χ0) is 26.3. The summed E-state index contributed by atoms with van der Waals surface area (Å²) in [7, 11) is 0. The van der Waals surface area contributed by atoms with E-state index in [-0.39, 0.29) is 17.4 Å². The van der Waals surface area contributed by atoms with E-state index >= 15 is 0 Å². The van der Waals surface area contributed by atoms with Crippen molar-refractivity contribution in [1.82, 2.24) is 15.1 Å². The summed E-state index contributed by atoms with van der Waals surface area (Å²) in [4.78, 5) is 30.0. The van der Waals surface area contributed by atoms with E-state index in [1.165, 1.54) is 0 Å². The molecule has 37 heavy (non-hydrogen) atoms. The number of para-hydroxylation sites is 1. The van der Waals surface area contributed by atoms with E-state index in [9.17, 15) is 9.59 Å². The number of ether oxygens (including phenoxy) is 2. The van der Waals surface area contributed by atoms with E-state index in [1.54, 1.807) is 0 Å². The summed E-state index contributed by atoms with van der Waals surface area (Å²) in [6.07, 6.45) is 3.48. The van der Waals surface area contributed by atoms with Crippen LogP contribution in [-0.2, 0) is 11.3 Å². The lowest BCUT2D eigenvalue weighted by Crippen LogP contribution is -2.47. The van der Waals surface area contributed by atoms with E-state index in [4.69, 9.17) is 9.47 Å². The number of amides is 2. The summed E-state index contributed by atoms with van der Waals surface area (Å²) in [5, 5.41) is 3.54. The number of likely N-dealkylation sites (tertiary alicyclic amines) is 1. The van der Waals surface area contributed by atoms with Crippen molar-refractivity contribution in [3.63, 3.8) is 0 Å². The van der Waals surface area contributed by atoms with Crippen LogP contribution < -0.4 is 10.1 Å². The van der Waals surface area contributed by atoms with Crippen LogP contribution in [0.4, 0.5) is 4.79 Å². The van der Waals surface area contributed by atoms with Crippen molar-refractivity contribution in [2.75, 3.05) is 39.3 Å². The number of benzene rings is 2. The van der Waals surface area contributed by atoms with E-state index in [2.05, 4.69) is 17.4 Å². The molecule has 2 aromatic carbocycles. The molecule has 0 bridgehead atoms. The van der Waals surface area contributed by atoms with Gasteiger partial charge in [-0.25, -0.2) is 4.79 Å². The molecule has 7 heteroatoms. The minimum Gasteiger partial charge on any atom is -0.492 e. The van der Waals surface area contributed by atoms with Crippen molar-refractivity contribution in [2.24, 2.45) is 5.41 Å². The van der Waals surface area contributed by atoms with Crippen LogP contribution in [0.5, 0.6) is 5.75 Å². The van der Waals surface area contributed by atoms with E-state index in [1.807, 2.05) is 73.0 Å². The number of carbonyl (C=O) groups excluding carboxylic acids is 2. The summed E-state index contributed by atoms with van der Waals surface area (Å²) in [6.45, 7) is 10.3. The van der Waals surface area contributed by atoms with Crippen LogP contribution in [0.1, 0.15) is 62.4 Å². The molecule has 0 radical (unpaired) electrons. The van der Waals surface area contributed by atoms with Gasteiger partial charge in [-0.3, -0.25) is 4.79 Å². The van der Waals surface area contributed by atoms with Gasteiger partial charge in [0, 0.05) is 38.1 Å². The molecule has 1 N–H and O–H groups in total. The molecule has 0 unspecified atom stereocenters. The molecule has 0 atom stereocenters. The van der Waals surface area contributed by atoms with Gasteiger partial charge in [0.1, 0.15) is 11.4 Å². The smallest absolute Gasteiger partial charge is 0.410 e. The Morgan fingerprint density at radius 2 is 1.68 bits per heavy atom. The van der Waals surface area contributed by atoms with E-state index < -0.39 is 5.60 Å². The number of carbonyl (C=O) groups is 2. The first-order chi connectivity index (χ1) is 17.7. The van der Waals surface area contributed by atoms with Crippen molar-refractivity contribution < 1.29 is 19.1 Å². The molecule has 4 rings (SSSR count). The first-order valence-corrected chi connectivity index (χ1v) is 13.5. The average Bonchev–Trinajstić information content (AvgIpc) is 2.89. The molecule has 1 spiro atoms. The number of fused-ring (bicyclic) bond motifs is 1. The Balaban J connectivity index is 1.50. The summed E-state index contributed by atoms with van der Waals surface area (Å²) < 4.78 is 12.0. The predicted octanol–water partition coefficient (Wildman–Crippen LogP) is 5.11. The zero-order valence-corrected chi connectivity index (χ0v) is 22.5. The normalized spacial score (nSPS) is 19.2. The fourth-order valence-corrected chi connectivity index (χ4v) is 5.11. The predicted molar refractivity (Wildman–Crippen MR) is 145 cm³/mol. The Morgan fingerprint density at radius 3 is 2.41 bits per heavy atom. The van der Waals surface area contributed by atoms with E-state index in [0.717, 1.165) is 44.3 Å². The van der Waals surface area contributed by atoms with Crippen molar-refractivity contribution >= 4 is 12.0 Å². The van der Waals surface area contributed by atoms with Crippen molar-refractivity contribution in [3.8, 4) is 5.75 Å². The third kappa shape index (κ3) is 7.48. The number of rotatable bonds is 2. The Bertz CT molecular complexity index is 1040. The van der Waals surface area contributed by atoms with Gasteiger partial charge >= 0.3 is 6.09 Å². The molecule has 200 valence electrons. The maximum Gasteiger partial charge on any atom is 0.410 e. The quantitative estimate of drug-likeness (QED) is 0.612. The molecule has 2 aliphatic rings. The number of nitrogens with one attached hydrogen (secondary N) is 1. The molecule has 0 saturated carbocycles. The molecule has 7 nitrogen and oxygen atoms in total. The summed E-state index contributed by atoms with van der Waals surface area (Å²) >= 11 is 0. The lowest BCUT2D eigenvalue weighted by Gasteiger charge is -2.42. The Morgan fingerprint density at radius 1 is 0.973 bits per heavy atom. The lowest BCUT2D eigenvalue weighted by atomic mass is 9.75. The van der Waals surface area contributed by atoms with Crippen LogP contribution in [0.15, 0.2) is 54.6 Å². The summed E-state index contributed by atoms with van der Waals surface area (Å²) in [5.41, 5.74) is 1.15. The first kappa shape index (κ1) is 27.0. The first-order valence-electron chi connectivity index (χ1n) is 13.5. The maximum atomic E-state index is 13.7. The van der Waals surface area contributed by atoms with Gasteiger partial charge in [-0.1, -0.05) is 42.5 Å².